The van der Waals surface area contributed by atoms with Crippen LogP contribution >= 0.6 is 0 Å². The van der Waals surface area contributed by atoms with E-state index >= 15 is 0 Å². The number of ether oxygens (including phenoxy) is 2. The van der Waals surface area contributed by atoms with Crippen LogP contribution in [0.5, 0.6) is 0 Å². The summed E-state index contributed by atoms with van der Waals surface area (Å²) in [5.41, 5.74) is 1.62. The third-order valence-electron chi connectivity index (χ3n) is 4.42. The molecule has 1 fully saturated rings. The van der Waals surface area contributed by atoms with E-state index in [1.54, 1.807) is 0 Å². The molecule has 0 spiro atoms. The van der Waals surface area contributed by atoms with Gasteiger partial charge >= 0.3 is 5.97 Å². The lowest BCUT2D eigenvalue weighted by atomic mass is 9.67. The van der Waals surface area contributed by atoms with Gasteiger partial charge in [-0.3, -0.25) is 4.79 Å². The van der Waals surface area contributed by atoms with Gasteiger partial charge in [-0.1, -0.05) is 25.5 Å². The van der Waals surface area contributed by atoms with Crippen molar-refractivity contribution in [2.24, 2.45) is 11.3 Å². The second kappa shape index (κ2) is 4.69. The monoisotopic (exact) mass is 252 g/mol. The Hall–Kier alpha value is -0.830. The Morgan fingerprint density at radius 1 is 1.61 bits per heavy atom. The normalized spacial score (nSPS) is 34.9. The van der Waals surface area contributed by atoms with E-state index in [2.05, 4.69) is 26.8 Å². The Balaban J connectivity index is 2.08. The lowest BCUT2D eigenvalue weighted by Crippen LogP contribution is -2.35. The van der Waals surface area contributed by atoms with E-state index in [1.807, 2.05) is 6.92 Å². The summed E-state index contributed by atoms with van der Waals surface area (Å²) in [5, 5.41) is 0. The fraction of sp³-hybridized carbons (Fsp3) is 0.800. The minimum absolute atomic E-state index is 0.0737. The van der Waals surface area contributed by atoms with Gasteiger partial charge in [0.25, 0.3) is 0 Å². The molecule has 2 aliphatic rings. The highest BCUT2D eigenvalue weighted by Crippen LogP contribution is 2.52. The second-order valence-corrected chi connectivity index (χ2v) is 6.30. The Morgan fingerprint density at radius 3 is 2.89 bits per heavy atom. The van der Waals surface area contributed by atoms with Gasteiger partial charge in [0, 0.05) is 24.7 Å². The van der Waals surface area contributed by atoms with Crippen molar-refractivity contribution in [2.45, 2.75) is 65.8 Å². The fourth-order valence-electron chi connectivity index (χ4n) is 3.65. The zero-order chi connectivity index (χ0) is 13.5. The maximum absolute atomic E-state index is 11.0. The van der Waals surface area contributed by atoms with Gasteiger partial charge in [0.15, 0.2) is 0 Å². The number of hydrogen-bond donors (Lipinski definition) is 0. The van der Waals surface area contributed by atoms with Crippen LogP contribution in [-0.2, 0) is 14.3 Å². The average molecular weight is 252 g/mol. The highest BCUT2D eigenvalue weighted by molar-refractivity contribution is 5.66. The number of carbonyl (C=O) groups excluding carboxylic acids is 1. The van der Waals surface area contributed by atoms with E-state index in [9.17, 15) is 4.79 Å². The first kappa shape index (κ1) is 13.6. The summed E-state index contributed by atoms with van der Waals surface area (Å²) in [5.74, 6) is 0.240. The van der Waals surface area contributed by atoms with Gasteiger partial charge in [-0.05, 0) is 20.3 Å². The highest BCUT2D eigenvalue weighted by Gasteiger charge is 2.52. The molecule has 1 aliphatic heterocycles. The molecule has 0 N–H and O–H groups in total. The largest absolute Gasteiger partial charge is 0.463 e. The van der Waals surface area contributed by atoms with Gasteiger partial charge < -0.3 is 9.47 Å². The van der Waals surface area contributed by atoms with E-state index < -0.39 is 0 Å². The third kappa shape index (κ3) is 2.33. The first-order valence-corrected chi connectivity index (χ1v) is 6.81. The lowest BCUT2D eigenvalue weighted by Gasteiger charge is -2.35. The van der Waals surface area contributed by atoms with Crippen molar-refractivity contribution >= 4 is 5.97 Å². The van der Waals surface area contributed by atoms with E-state index in [1.165, 1.54) is 12.5 Å². The summed E-state index contributed by atoms with van der Waals surface area (Å²) >= 11 is 0. The molecule has 3 heteroatoms. The highest BCUT2D eigenvalue weighted by atomic mass is 16.5. The first-order valence-electron chi connectivity index (χ1n) is 6.81. The summed E-state index contributed by atoms with van der Waals surface area (Å²) in [6, 6.07) is 0. The van der Waals surface area contributed by atoms with Crippen LogP contribution in [0.1, 0.15) is 47.5 Å². The minimum atomic E-state index is -0.213. The molecule has 1 saturated heterocycles. The molecule has 0 aromatic heterocycles. The number of rotatable bonds is 3. The summed E-state index contributed by atoms with van der Waals surface area (Å²) in [6.07, 6.45) is 4.51. The van der Waals surface area contributed by atoms with Crippen LogP contribution in [0.25, 0.3) is 0 Å². The number of carbonyl (C=O) groups is 1. The second-order valence-electron chi connectivity index (χ2n) is 6.30. The summed E-state index contributed by atoms with van der Waals surface area (Å²) in [7, 11) is 0. The molecule has 0 aromatic carbocycles. The van der Waals surface area contributed by atoms with Crippen molar-refractivity contribution < 1.29 is 14.3 Å². The van der Waals surface area contributed by atoms with Gasteiger partial charge in [-0.15, -0.1) is 0 Å². The van der Waals surface area contributed by atoms with Crippen LogP contribution in [0.4, 0.5) is 0 Å². The maximum Gasteiger partial charge on any atom is 0.302 e. The minimum Gasteiger partial charge on any atom is -0.463 e. The van der Waals surface area contributed by atoms with Crippen molar-refractivity contribution in [1.82, 2.24) is 0 Å². The summed E-state index contributed by atoms with van der Waals surface area (Å²) < 4.78 is 11.4. The van der Waals surface area contributed by atoms with Crippen LogP contribution in [0.15, 0.2) is 11.6 Å². The summed E-state index contributed by atoms with van der Waals surface area (Å²) in [4.78, 5) is 11.0. The first-order chi connectivity index (χ1) is 8.32. The Kier molecular flexibility index (Phi) is 3.54. The van der Waals surface area contributed by atoms with E-state index in [-0.39, 0.29) is 23.6 Å². The molecular formula is C15H24O3. The average Bonchev–Trinajstić information content (AvgIpc) is 2.36. The van der Waals surface area contributed by atoms with E-state index in [4.69, 9.17) is 9.47 Å². The molecule has 0 aromatic rings. The molecule has 4 unspecified atom stereocenters. The third-order valence-corrected chi connectivity index (χ3v) is 4.42. The smallest absolute Gasteiger partial charge is 0.302 e. The zero-order valence-electron chi connectivity index (χ0n) is 12.0. The molecule has 1 heterocycles. The van der Waals surface area contributed by atoms with Gasteiger partial charge in [-0.2, -0.15) is 0 Å². The molecule has 0 saturated carbocycles. The van der Waals surface area contributed by atoms with Gasteiger partial charge in [0.1, 0.15) is 6.10 Å². The van der Waals surface area contributed by atoms with Crippen LogP contribution in [0, 0.1) is 11.3 Å². The van der Waals surface area contributed by atoms with Crippen molar-refractivity contribution in [1.29, 1.82) is 0 Å². The summed E-state index contributed by atoms with van der Waals surface area (Å²) in [6.45, 7) is 10.2. The SMILES string of the molecule is CC(=O)OC(C)CC1OC2CC=C(C)C1C2(C)C. The molecule has 102 valence electrons. The number of hydrogen-bond acceptors (Lipinski definition) is 3. The quantitative estimate of drug-likeness (QED) is 0.572. The topological polar surface area (TPSA) is 35.5 Å². The Labute approximate surface area is 110 Å². The van der Waals surface area contributed by atoms with Gasteiger partial charge in [0.2, 0.25) is 0 Å². The van der Waals surface area contributed by atoms with Crippen molar-refractivity contribution in [3.63, 3.8) is 0 Å². The molecule has 1 aliphatic carbocycles. The molecule has 4 atom stereocenters. The van der Waals surface area contributed by atoms with Crippen LogP contribution < -0.4 is 0 Å². The van der Waals surface area contributed by atoms with Crippen molar-refractivity contribution in [3.8, 4) is 0 Å². The fourth-order valence-corrected chi connectivity index (χ4v) is 3.65. The molecule has 0 radical (unpaired) electrons. The van der Waals surface area contributed by atoms with E-state index in [0.717, 1.165) is 12.8 Å². The maximum atomic E-state index is 11.0. The predicted molar refractivity (Wildman–Crippen MR) is 70.2 cm³/mol. The van der Waals surface area contributed by atoms with Crippen LogP contribution in [0.3, 0.4) is 0 Å². The molecule has 2 bridgehead atoms. The predicted octanol–water partition coefficient (Wildman–Crippen LogP) is 3.09. The molecule has 18 heavy (non-hydrogen) atoms. The molecule has 3 nitrogen and oxygen atoms in total. The molecular weight excluding hydrogens is 228 g/mol. The Morgan fingerprint density at radius 2 is 2.28 bits per heavy atom. The Bertz CT molecular complexity index is 370. The zero-order valence-corrected chi connectivity index (χ0v) is 12.0. The number of esters is 1. The lowest BCUT2D eigenvalue weighted by molar-refractivity contribution is -0.147. The number of fused-ring (bicyclic) bond motifs is 2. The molecule has 0 amide bonds. The van der Waals surface area contributed by atoms with Crippen LogP contribution in [-0.4, -0.2) is 24.3 Å². The standard InChI is InChI=1S/C15H24O3/c1-9-6-7-13-15(4,5)14(9)12(18-13)8-10(2)17-11(3)16/h6,10,12-14H,7-8H2,1-5H3. The van der Waals surface area contributed by atoms with Crippen molar-refractivity contribution in [3.05, 3.63) is 11.6 Å². The van der Waals surface area contributed by atoms with E-state index in [0.29, 0.717) is 12.0 Å². The van der Waals surface area contributed by atoms with Gasteiger partial charge in [-0.25, -0.2) is 0 Å². The van der Waals surface area contributed by atoms with Crippen molar-refractivity contribution in [2.75, 3.05) is 0 Å². The molecule has 2 rings (SSSR count). The van der Waals surface area contributed by atoms with Gasteiger partial charge in [0.05, 0.1) is 12.2 Å². The van der Waals surface area contributed by atoms with Crippen LogP contribution in [0.2, 0.25) is 0 Å².